The summed E-state index contributed by atoms with van der Waals surface area (Å²) in [7, 11) is 1.25. The number of aryl methyl sites for hydroxylation is 1. The van der Waals surface area contributed by atoms with Crippen LogP contribution in [0.4, 0.5) is 0 Å². The van der Waals surface area contributed by atoms with Crippen molar-refractivity contribution in [3.05, 3.63) is 75.2 Å². The summed E-state index contributed by atoms with van der Waals surface area (Å²) in [6.45, 7) is 5.84. The number of nitrogens with one attached hydrogen (secondary N) is 2. The molecule has 0 saturated carbocycles. The van der Waals surface area contributed by atoms with Gasteiger partial charge in [0.05, 0.1) is 19.3 Å². The average molecular weight is 480 g/mol. The van der Waals surface area contributed by atoms with E-state index in [1.165, 1.54) is 19.2 Å². The van der Waals surface area contributed by atoms with E-state index >= 15 is 0 Å². The van der Waals surface area contributed by atoms with Crippen LogP contribution in [0.5, 0.6) is 11.5 Å². The molecule has 1 amide bonds. The van der Waals surface area contributed by atoms with Crippen LogP contribution < -0.4 is 15.6 Å². The van der Waals surface area contributed by atoms with Crippen LogP contribution in [0.2, 0.25) is 0 Å². The van der Waals surface area contributed by atoms with E-state index in [9.17, 15) is 19.5 Å². The molecule has 1 heterocycles. The number of carbonyl (C=O) groups excluding carboxylic acids is 2. The molecule has 0 saturated heterocycles. The number of nitrogens with zero attached hydrogens (tertiary/aromatic N) is 1. The third-order valence-corrected chi connectivity index (χ3v) is 5.52. The molecule has 0 spiro atoms. The van der Waals surface area contributed by atoms with Gasteiger partial charge >= 0.3 is 5.97 Å². The van der Waals surface area contributed by atoms with E-state index in [-0.39, 0.29) is 29.1 Å². The van der Waals surface area contributed by atoms with Crippen molar-refractivity contribution >= 4 is 11.9 Å². The number of phenolic OH excluding ortho intramolecular Hbond substituents is 1. The number of aromatic hydroxyl groups is 1. The zero-order chi connectivity index (χ0) is 25.5. The number of H-pyrrole nitrogens is 1. The fraction of sp³-hybridized carbons (Fsp3) is 0.308. The highest BCUT2D eigenvalue weighted by Crippen LogP contribution is 2.29. The van der Waals surface area contributed by atoms with E-state index in [0.717, 1.165) is 12.0 Å². The Morgan fingerprint density at radius 3 is 2.49 bits per heavy atom. The normalized spacial score (nSPS) is 11.5. The lowest BCUT2D eigenvalue weighted by Gasteiger charge is -2.18. The number of phenols is 1. The first-order valence-corrected chi connectivity index (χ1v) is 11.2. The van der Waals surface area contributed by atoms with Gasteiger partial charge in [-0.1, -0.05) is 19.1 Å². The van der Waals surface area contributed by atoms with E-state index in [4.69, 9.17) is 9.47 Å². The van der Waals surface area contributed by atoms with Crippen molar-refractivity contribution in [3.8, 4) is 22.9 Å². The summed E-state index contributed by atoms with van der Waals surface area (Å²) >= 11 is 0. The monoisotopic (exact) mass is 479 g/mol. The van der Waals surface area contributed by atoms with Crippen LogP contribution in [-0.4, -0.2) is 46.7 Å². The second kappa shape index (κ2) is 11.3. The molecule has 9 heteroatoms. The Morgan fingerprint density at radius 1 is 1.14 bits per heavy atom. The van der Waals surface area contributed by atoms with Gasteiger partial charge in [0.25, 0.3) is 11.5 Å². The molecule has 2 aromatic carbocycles. The van der Waals surface area contributed by atoms with E-state index in [0.29, 0.717) is 29.2 Å². The van der Waals surface area contributed by atoms with Crippen molar-refractivity contribution in [2.24, 2.45) is 0 Å². The molecule has 184 valence electrons. The van der Waals surface area contributed by atoms with Gasteiger partial charge in [-0.05, 0) is 56.2 Å². The standard InChI is InChI=1S/C26H29N3O6/c1-5-12-35-22-11-8-18(14-20(22)23-27-16(3)15(2)24(31)29-23)25(32)28-21(26(33)34-4)13-17-6-9-19(30)10-7-17/h6-11,14,21,30H,5,12-13H2,1-4H3,(H,28,32)(H,27,29,31). The lowest BCUT2D eigenvalue weighted by molar-refractivity contribution is -0.142. The Morgan fingerprint density at radius 2 is 1.86 bits per heavy atom. The Hall–Kier alpha value is -4.14. The zero-order valence-electron chi connectivity index (χ0n) is 20.2. The Balaban J connectivity index is 1.94. The lowest BCUT2D eigenvalue weighted by atomic mass is 10.0. The number of hydrogen-bond donors (Lipinski definition) is 3. The summed E-state index contributed by atoms with van der Waals surface area (Å²) in [5.74, 6) is -0.248. The largest absolute Gasteiger partial charge is 0.508 e. The minimum absolute atomic E-state index is 0.100. The molecular formula is C26H29N3O6. The maximum Gasteiger partial charge on any atom is 0.328 e. The summed E-state index contributed by atoms with van der Waals surface area (Å²) < 4.78 is 10.7. The molecule has 35 heavy (non-hydrogen) atoms. The summed E-state index contributed by atoms with van der Waals surface area (Å²) in [6, 6.07) is 10.2. The molecular weight excluding hydrogens is 450 g/mol. The summed E-state index contributed by atoms with van der Waals surface area (Å²) in [5.41, 5.74) is 2.25. The first-order chi connectivity index (χ1) is 16.7. The van der Waals surface area contributed by atoms with Gasteiger partial charge in [0.15, 0.2) is 0 Å². The number of benzene rings is 2. The molecule has 3 aromatic rings. The van der Waals surface area contributed by atoms with Gasteiger partial charge in [-0.3, -0.25) is 9.59 Å². The molecule has 1 aromatic heterocycles. The van der Waals surface area contributed by atoms with Gasteiger partial charge in [0.2, 0.25) is 0 Å². The van der Waals surface area contributed by atoms with Crippen LogP contribution in [0.3, 0.4) is 0 Å². The third kappa shape index (κ3) is 6.26. The number of carbonyl (C=O) groups is 2. The maximum atomic E-state index is 13.1. The number of aromatic amines is 1. The van der Waals surface area contributed by atoms with E-state index in [1.54, 1.807) is 44.2 Å². The molecule has 0 aliphatic heterocycles. The average Bonchev–Trinajstić information content (AvgIpc) is 2.85. The Labute approximate surface area is 203 Å². The third-order valence-electron chi connectivity index (χ3n) is 5.52. The minimum atomic E-state index is -0.948. The highest BCUT2D eigenvalue weighted by Gasteiger charge is 2.24. The first kappa shape index (κ1) is 25.5. The van der Waals surface area contributed by atoms with Crippen molar-refractivity contribution in [1.29, 1.82) is 0 Å². The Bertz CT molecular complexity index is 1270. The molecule has 1 atom stereocenters. The molecule has 0 aliphatic carbocycles. The molecule has 0 radical (unpaired) electrons. The second-order valence-electron chi connectivity index (χ2n) is 8.10. The fourth-order valence-electron chi connectivity index (χ4n) is 3.41. The van der Waals surface area contributed by atoms with Crippen LogP contribution in [0.25, 0.3) is 11.4 Å². The molecule has 1 unspecified atom stereocenters. The van der Waals surface area contributed by atoms with Gasteiger partial charge < -0.3 is 24.9 Å². The molecule has 0 bridgehead atoms. The molecule has 9 nitrogen and oxygen atoms in total. The highest BCUT2D eigenvalue weighted by atomic mass is 16.5. The second-order valence-corrected chi connectivity index (χ2v) is 8.10. The quantitative estimate of drug-likeness (QED) is 0.402. The molecule has 0 fully saturated rings. The zero-order valence-corrected chi connectivity index (χ0v) is 20.2. The number of ether oxygens (including phenoxy) is 2. The Kier molecular flexibility index (Phi) is 8.25. The van der Waals surface area contributed by atoms with Gasteiger partial charge in [-0.25, -0.2) is 9.78 Å². The van der Waals surface area contributed by atoms with Crippen molar-refractivity contribution in [2.45, 2.75) is 39.7 Å². The van der Waals surface area contributed by atoms with Gasteiger partial charge in [-0.2, -0.15) is 0 Å². The van der Waals surface area contributed by atoms with Crippen molar-refractivity contribution in [3.63, 3.8) is 0 Å². The van der Waals surface area contributed by atoms with Crippen LogP contribution in [-0.2, 0) is 16.0 Å². The number of methoxy groups -OCH3 is 1. The lowest BCUT2D eigenvalue weighted by Crippen LogP contribution is -2.43. The van der Waals surface area contributed by atoms with Crippen molar-refractivity contribution < 1.29 is 24.2 Å². The number of amides is 1. The van der Waals surface area contributed by atoms with Crippen LogP contribution >= 0.6 is 0 Å². The highest BCUT2D eigenvalue weighted by molar-refractivity contribution is 5.98. The topological polar surface area (TPSA) is 131 Å². The van der Waals surface area contributed by atoms with Gasteiger partial charge in [0.1, 0.15) is 23.4 Å². The first-order valence-electron chi connectivity index (χ1n) is 11.2. The number of aromatic nitrogens is 2. The smallest absolute Gasteiger partial charge is 0.328 e. The number of hydrogen-bond acceptors (Lipinski definition) is 7. The molecule has 3 rings (SSSR count). The molecule has 3 N–H and O–H groups in total. The van der Waals surface area contributed by atoms with Gasteiger partial charge in [-0.15, -0.1) is 0 Å². The van der Waals surface area contributed by atoms with Crippen LogP contribution in [0.15, 0.2) is 47.3 Å². The number of rotatable bonds is 9. The van der Waals surface area contributed by atoms with Crippen LogP contribution in [0.1, 0.15) is 40.5 Å². The van der Waals surface area contributed by atoms with E-state index in [2.05, 4.69) is 15.3 Å². The fourth-order valence-corrected chi connectivity index (χ4v) is 3.41. The minimum Gasteiger partial charge on any atom is -0.508 e. The van der Waals surface area contributed by atoms with Crippen LogP contribution in [0, 0.1) is 13.8 Å². The predicted molar refractivity (Wildman–Crippen MR) is 131 cm³/mol. The summed E-state index contributed by atoms with van der Waals surface area (Å²) in [5, 5.41) is 12.2. The van der Waals surface area contributed by atoms with E-state index < -0.39 is 17.9 Å². The van der Waals surface area contributed by atoms with Crippen molar-refractivity contribution in [1.82, 2.24) is 15.3 Å². The van der Waals surface area contributed by atoms with Gasteiger partial charge in [0, 0.05) is 23.2 Å². The SMILES string of the molecule is CCCOc1ccc(C(=O)NC(Cc2ccc(O)cc2)C(=O)OC)cc1-c1nc(C)c(C)c(=O)[nH]1. The van der Waals surface area contributed by atoms with E-state index in [1.807, 2.05) is 6.92 Å². The van der Waals surface area contributed by atoms with Crippen molar-refractivity contribution in [2.75, 3.05) is 13.7 Å². The molecule has 0 aliphatic rings. The maximum absolute atomic E-state index is 13.1. The summed E-state index contributed by atoms with van der Waals surface area (Å²) in [4.78, 5) is 45.1. The summed E-state index contributed by atoms with van der Waals surface area (Å²) in [6.07, 6.45) is 0.950. The predicted octanol–water partition coefficient (Wildman–Crippen LogP) is 3.06. The number of esters is 1.